The van der Waals surface area contributed by atoms with E-state index < -0.39 is 34.6 Å². The largest absolute Gasteiger partial charge is 0.387 e. The zero-order valence-corrected chi connectivity index (χ0v) is 32.9. The quantitative estimate of drug-likeness (QED) is 0.0894. The highest BCUT2D eigenvalue weighted by molar-refractivity contribution is 6.04. The van der Waals surface area contributed by atoms with Crippen molar-refractivity contribution in [2.45, 2.75) is 122 Å². The number of primary amides is 1. The zero-order chi connectivity index (χ0) is 38.8. The summed E-state index contributed by atoms with van der Waals surface area (Å²) < 4.78 is 0. The summed E-state index contributed by atoms with van der Waals surface area (Å²) >= 11 is 0. The molecule has 54 heavy (non-hydrogen) atoms. The van der Waals surface area contributed by atoms with Crippen LogP contribution in [0.15, 0.2) is 121 Å². The highest BCUT2D eigenvalue weighted by Gasteiger charge is 2.56. The molecule has 0 spiro atoms. The van der Waals surface area contributed by atoms with Crippen molar-refractivity contribution in [1.82, 2.24) is 4.90 Å². The second-order valence-corrected chi connectivity index (χ2v) is 16.9. The molecule has 6 nitrogen and oxygen atoms in total. The minimum Gasteiger partial charge on any atom is -0.387 e. The molecule has 1 fully saturated rings. The van der Waals surface area contributed by atoms with E-state index in [1.54, 1.807) is 0 Å². The van der Waals surface area contributed by atoms with Crippen molar-refractivity contribution in [1.29, 1.82) is 0 Å². The maximum Gasteiger partial charge on any atom is 0.238 e. The Hall–Kier alpha value is -4.26. The summed E-state index contributed by atoms with van der Waals surface area (Å²) in [7, 11) is 0. The summed E-state index contributed by atoms with van der Waals surface area (Å²) in [4.78, 5) is 31.7. The van der Waals surface area contributed by atoms with Crippen LogP contribution in [-0.2, 0) is 35.3 Å². The van der Waals surface area contributed by atoms with Gasteiger partial charge in [-0.15, -0.1) is 0 Å². The smallest absolute Gasteiger partial charge is 0.238 e. The predicted molar refractivity (Wildman–Crippen MR) is 219 cm³/mol. The Morgan fingerprint density at radius 1 is 0.574 bits per heavy atom. The first-order valence-electron chi connectivity index (χ1n) is 20.1. The molecule has 4 N–H and O–H groups in total. The Morgan fingerprint density at radius 2 is 0.870 bits per heavy atom. The monoisotopic (exact) mass is 730 g/mol. The van der Waals surface area contributed by atoms with E-state index in [0.29, 0.717) is 38.5 Å². The van der Waals surface area contributed by atoms with Gasteiger partial charge in [-0.2, -0.15) is 0 Å². The molecule has 2 amide bonds. The van der Waals surface area contributed by atoms with Crippen LogP contribution < -0.4 is 5.73 Å². The van der Waals surface area contributed by atoms with Crippen LogP contribution in [0.25, 0.3) is 0 Å². The Labute approximate surface area is 323 Å². The standard InChI is InChI=1S/C48H62N2O4/c1-36(2)30-42(47(53,32-38-20-10-5-11-21-38)33-39-22-12-6-13-23-39)50(45(52)46(44(49)51)28-18-9-19-29-46)43(31-37(3)4)48(54,34-40-24-14-7-15-25-40)35-41-26-16-8-17-27-41/h5-8,10-17,20-27,36-37,42-43,53-54H,9,18-19,28-35H2,1-4H3,(H2,49,51)/t42-,43-/m1/s1. The van der Waals surface area contributed by atoms with Gasteiger partial charge in [0, 0.05) is 25.7 Å². The summed E-state index contributed by atoms with van der Waals surface area (Å²) in [6.45, 7) is 8.46. The number of nitrogens with two attached hydrogens (primary N) is 1. The minimum atomic E-state index is -1.48. The molecule has 4 aromatic carbocycles. The molecular weight excluding hydrogens is 669 g/mol. The van der Waals surface area contributed by atoms with E-state index in [0.717, 1.165) is 28.7 Å². The molecule has 5 rings (SSSR count). The van der Waals surface area contributed by atoms with Crippen LogP contribution in [0.5, 0.6) is 0 Å². The van der Waals surface area contributed by atoms with Crippen molar-refractivity contribution in [3.05, 3.63) is 144 Å². The molecule has 0 bridgehead atoms. The number of benzene rings is 4. The van der Waals surface area contributed by atoms with Gasteiger partial charge < -0.3 is 20.8 Å². The average molecular weight is 731 g/mol. The van der Waals surface area contributed by atoms with Gasteiger partial charge in [0.15, 0.2) is 0 Å². The van der Waals surface area contributed by atoms with Crippen LogP contribution in [0.4, 0.5) is 0 Å². The molecular formula is C48H62N2O4. The summed E-state index contributed by atoms with van der Waals surface area (Å²) in [6, 6.07) is 38.3. The normalized spacial score (nSPS) is 15.9. The highest BCUT2D eigenvalue weighted by Crippen LogP contribution is 2.44. The summed E-state index contributed by atoms with van der Waals surface area (Å²) in [5.41, 5.74) is 5.73. The SMILES string of the molecule is CC(C)C[C@@H](N(C(=O)C1(C(N)=O)CCCCC1)[C@H](CC(C)C)C(O)(Cc1ccccc1)Cc1ccccc1)C(O)(Cc1ccccc1)Cc1ccccc1. The molecule has 0 saturated heterocycles. The molecule has 4 aromatic rings. The second-order valence-electron chi connectivity index (χ2n) is 16.9. The molecule has 2 atom stereocenters. The fourth-order valence-electron chi connectivity index (χ4n) is 8.94. The van der Waals surface area contributed by atoms with Gasteiger partial charge in [-0.25, -0.2) is 0 Å². The number of hydrogen-bond acceptors (Lipinski definition) is 4. The average Bonchev–Trinajstić information content (AvgIpc) is 3.15. The number of nitrogens with zero attached hydrogens (tertiary/aromatic N) is 1. The maximum atomic E-state index is 16.0. The van der Waals surface area contributed by atoms with Crippen molar-refractivity contribution in [2.24, 2.45) is 23.0 Å². The number of carbonyl (C=O) groups is 2. The number of hydrogen-bond donors (Lipinski definition) is 3. The van der Waals surface area contributed by atoms with Gasteiger partial charge >= 0.3 is 0 Å². The van der Waals surface area contributed by atoms with Crippen molar-refractivity contribution in [2.75, 3.05) is 0 Å². The lowest BCUT2D eigenvalue weighted by Crippen LogP contribution is -2.69. The van der Waals surface area contributed by atoms with Gasteiger partial charge in [0.05, 0.1) is 23.3 Å². The third-order valence-electron chi connectivity index (χ3n) is 11.5. The van der Waals surface area contributed by atoms with Crippen molar-refractivity contribution in [3.8, 4) is 0 Å². The van der Waals surface area contributed by atoms with Crippen molar-refractivity contribution in [3.63, 3.8) is 0 Å². The van der Waals surface area contributed by atoms with E-state index >= 15 is 4.79 Å². The van der Waals surface area contributed by atoms with Crippen LogP contribution in [-0.4, -0.2) is 50.2 Å². The minimum absolute atomic E-state index is 0.0651. The molecule has 1 aliphatic carbocycles. The highest BCUT2D eigenvalue weighted by atomic mass is 16.3. The molecule has 0 radical (unpaired) electrons. The first kappa shape index (κ1) is 40.9. The molecule has 0 heterocycles. The molecule has 1 aliphatic rings. The van der Waals surface area contributed by atoms with Crippen LogP contribution in [0.3, 0.4) is 0 Å². The van der Waals surface area contributed by atoms with Gasteiger partial charge in [-0.1, -0.05) is 168 Å². The Bertz CT molecular complexity index is 1550. The van der Waals surface area contributed by atoms with E-state index in [-0.39, 0.29) is 43.4 Å². The van der Waals surface area contributed by atoms with E-state index in [1.807, 2.05) is 126 Å². The Balaban J connectivity index is 1.81. The van der Waals surface area contributed by atoms with E-state index in [4.69, 9.17) is 5.73 Å². The number of aliphatic hydroxyl groups is 2. The third kappa shape index (κ3) is 10.1. The molecule has 0 aromatic heterocycles. The Morgan fingerprint density at radius 3 is 1.13 bits per heavy atom. The van der Waals surface area contributed by atoms with Gasteiger partial charge in [0.1, 0.15) is 5.41 Å². The first-order chi connectivity index (χ1) is 25.8. The lowest BCUT2D eigenvalue weighted by molar-refractivity contribution is -0.175. The summed E-state index contributed by atoms with van der Waals surface area (Å²) in [5.74, 6) is -0.844. The van der Waals surface area contributed by atoms with E-state index in [9.17, 15) is 15.0 Å². The van der Waals surface area contributed by atoms with Gasteiger partial charge in [0.25, 0.3) is 0 Å². The van der Waals surface area contributed by atoms with Gasteiger partial charge in [0.2, 0.25) is 11.8 Å². The van der Waals surface area contributed by atoms with Crippen LogP contribution in [0, 0.1) is 17.3 Å². The van der Waals surface area contributed by atoms with Gasteiger partial charge in [-0.05, 0) is 59.8 Å². The second kappa shape index (κ2) is 18.4. The van der Waals surface area contributed by atoms with Crippen LogP contribution in [0.2, 0.25) is 0 Å². The van der Waals surface area contributed by atoms with E-state index in [2.05, 4.69) is 27.7 Å². The zero-order valence-electron chi connectivity index (χ0n) is 32.9. The summed E-state index contributed by atoms with van der Waals surface area (Å²) in [5, 5.41) is 27.2. The fourth-order valence-corrected chi connectivity index (χ4v) is 8.94. The number of rotatable bonds is 18. The molecule has 6 heteroatoms. The van der Waals surface area contributed by atoms with Crippen LogP contribution >= 0.6 is 0 Å². The van der Waals surface area contributed by atoms with Crippen molar-refractivity contribution >= 4 is 11.8 Å². The van der Waals surface area contributed by atoms with Gasteiger partial charge in [-0.3, -0.25) is 9.59 Å². The maximum absolute atomic E-state index is 16.0. The Kier molecular flexibility index (Phi) is 13.9. The van der Waals surface area contributed by atoms with Crippen molar-refractivity contribution < 1.29 is 19.8 Å². The molecule has 288 valence electrons. The number of amides is 2. The fraction of sp³-hybridized carbons (Fsp3) is 0.458. The summed E-state index contributed by atoms with van der Waals surface area (Å²) in [6.07, 6.45) is 5.07. The van der Waals surface area contributed by atoms with Crippen LogP contribution in [0.1, 0.15) is 94.9 Å². The lowest BCUT2D eigenvalue weighted by atomic mass is 9.68. The third-order valence-corrected chi connectivity index (χ3v) is 11.5. The first-order valence-corrected chi connectivity index (χ1v) is 20.1. The molecule has 1 saturated carbocycles. The van der Waals surface area contributed by atoms with E-state index in [1.165, 1.54) is 0 Å². The molecule has 0 unspecified atom stereocenters. The molecule has 0 aliphatic heterocycles. The topological polar surface area (TPSA) is 104 Å². The lowest BCUT2D eigenvalue weighted by Gasteiger charge is -2.54. The predicted octanol–water partition coefficient (Wildman–Crippen LogP) is 8.51. The number of carbonyl (C=O) groups excluding carboxylic acids is 2.